The maximum Gasteiger partial charge on any atom is 0.260 e. The molecule has 1 aliphatic heterocycles. The molecule has 29 heavy (non-hydrogen) atoms. The van der Waals surface area contributed by atoms with Crippen LogP contribution in [0.2, 0.25) is 0 Å². The van der Waals surface area contributed by atoms with Crippen molar-refractivity contribution in [2.75, 3.05) is 47.5 Å². The maximum atomic E-state index is 13.0. The lowest BCUT2D eigenvalue weighted by Gasteiger charge is -2.45. The number of halogens is 1. The van der Waals surface area contributed by atoms with Crippen LogP contribution in [0.1, 0.15) is 18.7 Å². The predicted octanol–water partition coefficient (Wildman–Crippen LogP) is 0.917. The van der Waals surface area contributed by atoms with Crippen molar-refractivity contribution in [1.29, 1.82) is 0 Å². The van der Waals surface area contributed by atoms with E-state index in [0.717, 1.165) is 18.7 Å². The Morgan fingerprint density at radius 1 is 1.31 bits per heavy atom. The molecular formula is C19H27FN6O3. The van der Waals surface area contributed by atoms with Crippen LogP contribution < -0.4 is 4.74 Å². The van der Waals surface area contributed by atoms with Crippen molar-refractivity contribution in [2.45, 2.75) is 24.9 Å². The third kappa shape index (κ3) is 4.70. The Hall–Kier alpha value is -2.59. The van der Waals surface area contributed by atoms with Gasteiger partial charge in [0.25, 0.3) is 5.91 Å². The van der Waals surface area contributed by atoms with Gasteiger partial charge in [0.1, 0.15) is 17.1 Å². The molecule has 1 amide bonds. The number of ether oxygens (including phenoxy) is 2. The van der Waals surface area contributed by atoms with Crippen LogP contribution in [0, 0.1) is 5.82 Å². The highest BCUT2D eigenvalue weighted by Crippen LogP contribution is 2.34. The molecule has 1 aromatic carbocycles. The highest BCUT2D eigenvalue weighted by Gasteiger charge is 2.44. The van der Waals surface area contributed by atoms with Gasteiger partial charge in [-0.2, -0.15) is 0 Å². The van der Waals surface area contributed by atoms with Gasteiger partial charge in [0.15, 0.2) is 12.4 Å². The van der Waals surface area contributed by atoms with Crippen LogP contribution in [-0.4, -0.2) is 83.4 Å². The molecule has 2 heterocycles. The van der Waals surface area contributed by atoms with E-state index in [9.17, 15) is 9.18 Å². The number of rotatable bonds is 8. The first-order valence-corrected chi connectivity index (χ1v) is 9.55. The second-order valence-electron chi connectivity index (χ2n) is 7.31. The van der Waals surface area contributed by atoms with E-state index in [0.29, 0.717) is 32.0 Å². The molecule has 10 heteroatoms. The fourth-order valence-electron chi connectivity index (χ4n) is 3.63. The number of methoxy groups -OCH3 is 1. The summed E-state index contributed by atoms with van der Waals surface area (Å²) in [6.07, 6.45) is 1.65. The Labute approximate surface area is 169 Å². The number of carbonyl (C=O) groups is 1. The van der Waals surface area contributed by atoms with Gasteiger partial charge in [-0.1, -0.05) is 0 Å². The Morgan fingerprint density at radius 2 is 2.07 bits per heavy atom. The Kier molecular flexibility index (Phi) is 6.75. The van der Waals surface area contributed by atoms with E-state index in [-0.39, 0.29) is 18.3 Å². The largest absolute Gasteiger partial charge is 0.484 e. The average Bonchev–Trinajstić information content (AvgIpc) is 3.20. The van der Waals surface area contributed by atoms with Crippen LogP contribution in [0.3, 0.4) is 0 Å². The van der Waals surface area contributed by atoms with Crippen molar-refractivity contribution < 1.29 is 18.7 Å². The van der Waals surface area contributed by atoms with E-state index < -0.39 is 5.54 Å². The number of nitrogens with zero attached hydrogens (tertiary/aromatic N) is 6. The molecule has 0 spiro atoms. The summed E-state index contributed by atoms with van der Waals surface area (Å²) in [6, 6.07) is 5.62. The number of hydrogen-bond acceptors (Lipinski definition) is 7. The third-order valence-electron chi connectivity index (χ3n) is 5.31. The molecule has 1 fully saturated rings. The summed E-state index contributed by atoms with van der Waals surface area (Å²) < 4.78 is 25.5. The number of benzene rings is 1. The van der Waals surface area contributed by atoms with Gasteiger partial charge in [-0.15, -0.1) is 5.10 Å². The SMILES string of the molecule is COCCn1nnnc1C1(N(C)C)CCCN(C(=O)COc2ccc(F)cc2)C1. The standard InChI is InChI=1S/C19H27FN6O3/c1-24(2)19(18-21-22-23-26(18)11-12-28-3)9-4-10-25(14-19)17(27)13-29-16-7-5-15(20)6-8-16/h5-8H,4,9-14H2,1-3H3. The van der Waals surface area contributed by atoms with Crippen molar-refractivity contribution in [1.82, 2.24) is 30.0 Å². The third-order valence-corrected chi connectivity index (χ3v) is 5.31. The summed E-state index contributed by atoms with van der Waals surface area (Å²) in [6.45, 7) is 2.02. The van der Waals surface area contributed by atoms with Gasteiger partial charge in [-0.25, -0.2) is 9.07 Å². The maximum absolute atomic E-state index is 13.0. The molecule has 1 unspecified atom stereocenters. The van der Waals surface area contributed by atoms with Gasteiger partial charge < -0.3 is 14.4 Å². The lowest BCUT2D eigenvalue weighted by Crippen LogP contribution is -2.57. The van der Waals surface area contributed by atoms with Crippen molar-refractivity contribution in [3.8, 4) is 5.75 Å². The van der Waals surface area contributed by atoms with Gasteiger partial charge in [0, 0.05) is 20.2 Å². The number of tetrazole rings is 1. The molecule has 0 N–H and O–H groups in total. The minimum atomic E-state index is -0.499. The predicted molar refractivity (Wildman–Crippen MR) is 103 cm³/mol. The molecule has 1 atom stereocenters. The number of likely N-dealkylation sites (tertiary alicyclic amines) is 1. The number of likely N-dealkylation sites (N-methyl/N-ethyl adjacent to an activating group) is 1. The highest BCUT2D eigenvalue weighted by molar-refractivity contribution is 5.78. The molecule has 2 aromatic rings. The average molecular weight is 406 g/mol. The van der Waals surface area contributed by atoms with Gasteiger partial charge >= 0.3 is 0 Å². The summed E-state index contributed by atoms with van der Waals surface area (Å²) in [5.41, 5.74) is -0.499. The molecule has 158 valence electrons. The molecule has 0 radical (unpaired) electrons. The minimum Gasteiger partial charge on any atom is -0.484 e. The zero-order valence-electron chi connectivity index (χ0n) is 17.0. The van der Waals surface area contributed by atoms with E-state index in [1.54, 1.807) is 16.7 Å². The number of aromatic nitrogens is 4. The molecule has 1 aliphatic rings. The summed E-state index contributed by atoms with van der Waals surface area (Å²) in [4.78, 5) is 16.7. The van der Waals surface area contributed by atoms with E-state index in [4.69, 9.17) is 9.47 Å². The molecule has 3 rings (SSSR count). The second-order valence-corrected chi connectivity index (χ2v) is 7.31. The Bertz CT molecular complexity index is 813. The van der Waals surface area contributed by atoms with Crippen molar-refractivity contribution in [2.24, 2.45) is 0 Å². The quantitative estimate of drug-likeness (QED) is 0.644. The number of piperidine rings is 1. The van der Waals surface area contributed by atoms with Crippen LogP contribution in [0.25, 0.3) is 0 Å². The zero-order valence-corrected chi connectivity index (χ0v) is 17.0. The lowest BCUT2D eigenvalue weighted by atomic mass is 9.86. The van der Waals surface area contributed by atoms with Crippen LogP contribution >= 0.6 is 0 Å². The van der Waals surface area contributed by atoms with Gasteiger partial charge in [0.05, 0.1) is 13.2 Å². The number of amides is 1. The molecule has 0 saturated carbocycles. The first-order chi connectivity index (χ1) is 14.0. The molecule has 1 aromatic heterocycles. The highest BCUT2D eigenvalue weighted by atomic mass is 19.1. The van der Waals surface area contributed by atoms with Gasteiger partial charge in [-0.3, -0.25) is 9.69 Å². The molecule has 1 saturated heterocycles. The lowest BCUT2D eigenvalue weighted by molar-refractivity contribution is -0.137. The van der Waals surface area contributed by atoms with Crippen LogP contribution in [-0.2, 0) is 21.6 Å². The zero-order chi connectivity index (χ0) is 20.9. The van der Waals surface area contributed by atoms with E-state index in [1.807, 2.05) is 14.1 Å². The van der Waals surface area contributed by atoms with E-state index in [1.165, 1.54) is 24.3 Å². The first-order valence-electron chi connectivity index (χ1n) is 9.55. The second kappa shape index (κ2) is 9.27. The fourth-order valence-corrected chi connectivity index (χ4v) is 3.63. The smallest absolute Gasteiger partial charge is 0.260 e. The van der Waals surface area contributed by atoms with E-state index in [2.05, 4.69) is 20.4 Å². The molecule has 0 aliphatic carbocycles. The normalized spacial score (nSPS) is 19.6. The van der Waals surface area contributed by atoms with Gasteiger partial charge in [0.2, 0.25) is 0 Å². The minimum absolute atomic E-state index is 0.107. The molecule has 9 nitrogen and oxygen atoms in total. The topological polar surface area (TPSA) is 85.6 Å². The van der Waals surface area contributed by atoms with E-state index >= 15 is 0 Å². The Balaban J connectivity index is 1.73. The number of hydrogen-bond donors (Lipinski definition) is 0. The first kappa shape index (κ1) is 21.1. The Morgan fingerprint density at radius 3 is 2.76 bits per heavy atom. The summed E-state index contributed by atoms with van der Waals surface area (Å²) in [7, 11) is 5.57. The monoisotopic (exact) mass is 406 g/mol. The van der Waals surface area contributed by atoms with Crippen LogP contribution in [0.4, 0.5) is 4.39 Å². The van der Waals surface area contributed by atoms with Crippen LogP contribution in [0.15, 0.2) is 24.3 Å². The fraction of sp³-hybridized carbons (Fsp3) is 0.579. The summed E-state index contributed by atoms with van der Waals surface area (Å²) in [5.74, 6) is 0.702. The summed E-state index contributed by atoms with van der Waals surface area (Å²) in [5, 5.41) is 12.2. The molecule has 0 bridgehead atoms. The number of carbonyl (C=O) groups excluding carboxylic acids is 1. The van der Waals surface area contributed by atoms with Crippen molar-refractivity contribution in [3.05, 3.63) is 35.9 Å². The van der Waals surface area contributed by atoms with Crippen molar-refractivity contribution in [3.63, 3.8) is 0 Å². The van der Waals surface area contributed by atoms with Crippen LogP contribution in [0.5, 0.6) is 5.75 Å². The molecular weight excluding hydrogens is 379 g/mol. The van der Waals surface area contributed by atoms with Crippen molar-refractivity contribution >= 4 is 5.91 Å². The van der Waals surface area contributed by atoms with Gasteiger partial charge in [-0.05, 0) is 61.6 Å². The summed E-state index contributed by atoms with van der Waals surface area (Å²) >= 11 is 0.